The van der Waals surface area contributed by atoms with Crippen LogP contribution >= 0.6 is 24.0 Å². The van der Waals surface area contributed by atoms with E-state index in [1.54, 1.807) is 14.2 Å². The van der Waals surface area contributed by atoms with Crippen molar-refractivity contribution in [3.63, 3.8) is 0 Å². The number of halogens is 1. The van der Waals surface area contributed by atoms with Gasteiger partial charge in [-0.15, -0.1) is 24.0 Å². The van der Waals surface area contributed by atoms with Gasteiger partial charge in [-0.1, -0.05) is 6.07 Å². The molecule has 3 N–H and O–H groups in total. The molecule has 0 bridgehead atoms. The molecule has 1 heterocycles. The number of hydrogen-bond donors (Lipinski definition) is 3. The van der Waals surface area contributed by atoms with E-state index in [0.29, 0.717) is 43.7 Å². The Balaban J connectivity index is 0.00000480. The molecule has 31 heavy (non-hydrogen) atoms. The molecule has 1 aromatic carbocycles. The zero-order valence-corrected chi connectivity index (χ0v) is 21.6. The van der Waals surface area contributed by atoms with Gasteiger partial charge in [-0.05, 0) is 43.9 Å². The fraction of sp³-hybridized carbons (Fsp3) is 0.650. The third-order valence-corrected chi connectivity index (χ3v) is 6.03. The minimum atomic E-state index is -3.38. The number of nitrogens with zero attached hydrogens (tertiary/aromatic N) is 1. The van der Waals surface area contributed by atoms with E-state index in [-0.39, 0.29) is 42.4 Å². The molecule has 1 atom stereocenters. The first kappa shape index (κ1) is 27.7. The van der Waals surface area contributed by atoms with Crippen LogP contribution in [0.1, 0.15) is 31.7 Å². The molecule has 0 aliphatic carbocycles. The minimum Gasteiger partial charge on any atom is -0.493 e. The average molecular weight is 570 g/mol. The van der Waals surface area contributed by atoms with Crippen molar-refractivity contribution in [2.45, 2.75) is 38.8 Å². The van der Waals surface area contributed by atoms with E-state index in [1.807, 2.05) is 25.1 Å². The topological polar surface area (TPSA) is 110 Å². The molecule has 1 aliphatic rings. The van der Waals surface area contributed by atoms with Crippen molar-refractivity contribution in [2.75, 3.05) is 46.2 Å². The number of nitrogens with one attached hydrogen (secondary N) is 3. The molecule has 178 valence electrons. The van der Waals surface area contributed by atoms with Gasteiger partial charge in [-0.25, -0.2) is 18.1 Å². The number of sulfonamides is 1. The van der Waals surface area contributed by atoms with Gasteiger partial charge in [-0.2, -0.15) is 0 Å². The number of hydrogen-bond acceptors (Lipinski definition) is 6. The molecule has 9 nitrogen and oxygen atoms in total. The predicted molar refractivity (Wildman–Crippen MR) is 133 cm³/mol. The lowest BCUT2D eigenvalue weighted by Gasteiger charge is -2.22. The van der Waals surface area contributed by atoms with Gasteiger partial charge in [-0.3, -0.25) is 0 Å². The van der Waals surface area contributed by atoms with Crippen LogP contribution < -0.4 is 24.8 Å². The molecule has 1 aliphatic heterocycles. The summed E-state index contributed by atoms with van der Waals surface area (Å²) < 4.78 is 43.2. The largest absolute Gasteiger partial charge is 0.493 e. The minimum absolute atomic E-state index is 0. The summed E-state index contributed by atoms with van der Waals surface area (Å²) in [6.45, 7) is 4.32. The van der Waals surface area contributed by atoms with Crippen molar-refractivity contribution in [1.29, 1.82) is 0 Å². The van der Waals surface area contributed by atoms with Crippen molar-refractivity contribution in [2.24, 2.45) is 4.99 Å². The Labute approximate surface area is 202 Å². The summed E-state index contributed by atoms with van der Waals surface area (Å²) in [6, 6.07) is 5.61. The Hall–Kier alpha value is -1.31. The number of aliphatic imine (C=N–C) groups is 1. The predicted octanol–water partition coefficient (Wildman–Crippen LogP) is 1.87. The Bertz CT molecular complexity index is 786. The molecule has 1 saturated heterocycles. The number of benzene rings is 1. The third-order valence-electron chi connectivity index (χ3n) is 4.68. The summed E-state index contributed by atoms with van der Waals surface area (Å²) in [5, 5.41) is 6.19. The van der Waals surface area contributed by atoms with Gasteiger partial charge in [0.1, 0.15) is 0 Å². The SMILES string of the molecule is CCNC(=NCc1ccc(OC)c(OC)c1)NCCS(=O)(=O)NCC1CCCCO1.I. The van der Waals surface area contributed by atoms with Crippen LogP contribution in [0.15, 0.2) is 23.2 Å². The first-order chi connectivity index (χ1) is 14.5. The molecule has 0 radical (unpaired) electrons. The average Bonchev–Trinajstić information content (AvgIpc) is 2.76. The zero-order valence-electron chi connectivity index (χ0n) is 18.5. The Morgan fingerprint density at radius 3 is 2.61 bits per heavy atom. The highest BCUT2D eigenvalue weighted by atomic mass is 127. The van der Waals surface area contributed by atoms with Crippen LogP contribution in [0.4, 0.5) is 0 Å². The third kappa shape index (κ3) is 10.2. The number of methoxy groups -OCH3 is 2. The second kappa shape index (κ2) is 14.7. The fourth-order valence-electron chi connectivity index (χ4n) is 3.06. The van der Waals surface area contributed by atoms with Crippen molar-refractivity contribution in [3.05, 3.63) is 23.8 Å². The Kier molecular flexibility index (Phi) is 13.1. The van der Waals surface area contributed by atoms with Gasteiger partial charge in [0.15, 0.2) is 17.5 Å². The first-order valence-electron chi connectivity index (χ1n) is 10.3. The van der Waals surface area contributed by atoms with Crippen LogP contribution in [0.5, 0.6) is 11.5 Å². The van der Waals surface area contributed by atoms with Gasteiger partial charge >= 0.3 is 0 Å². The molecule has 11 heteroatoms. The first-order valence-corrected chi connectivity index (χ1v) is 11.9. The van der Waals surface area contributed by atoms with Crippen molar-refractivity contribution < 1.29 is 22.6 Å². The van der Waals surface area contributed by atoms with E-state index >= 15 is 0 Å². The highest BCUT2D eigenvalue weighted by molar-refractivity contribution is 14.0. The lowest BCUT2D eigenvalue weighted by Crippen LogP contribution is -2.42. The quantitative estimate of drug-likeness (QED) is 0.212. The fourth-order valence-corrected chi connectivity index (χ4v) is 4.01. The van der Waals surface area contributed by atoms with E-state index < -0.39 is 10.0 Å². The van der Waals surface area contributed by atoms with Gasteiger partial charge in [0.05, 0.1) is 32.6 Å². The molecule has 1 fully saturated rings. The summed E-state index contributed by atoms with van der Waals surface area (Å²) in [6.07, 6.45) is 3.00. The maximum absolute atomic E-state index is 12.2. The van der Waals surface area contributed by atoms with E-state index in [9.17, 15) is 8.42 Å². The summed E-state index contributed by atoms with van der Waals surface area (Å²) >= 11 is 0. The standard InChI is InChI=1S/C20H34N4O5S.HI/c1-4-21-20(23-14-16-8-9-18(27-2)19(13-16)28-3)22-10-12-30(25,26)24-15-17-7-5-6-11-29-17;/h8-9,13,17,24H,4-7,10-12,14-15H2,1-3H3,(H2,21,22,23);1H. The van der Waals surface area contributed by atoms with Crippen LogP contribution in [-0.4, -0.2) is 66.7 Å². The summed E-state index contributed by atoms with van der Waals surface area (Å²) in [5.74, 6) is 1.81. The highest BCUT2D eigenvalue weighted by Gasteiger charge is 2.17. The number of guanidine groups is 1. The van der Waals surface area contributed by atoms with Crippen molar-refractivity contribution >= 4 is 40.0 Å². The van der Waals surface area contributed by atoms with E-state index in [2.05, 4.69) is 20.3 Å². The molecular formula is C20H35IN4O5S. The normalized spacial score (nSPS) is 16.9. The van der Waals surface area contributed by atoms with Crippen molar-refractivity contribution in [3.8, 4) is 11.5 Å². The summed E-state index contributed by atoms with van der Waals surface area (Å²) in [7, 11) is -0.201. The second-order valence-corrected chi connectivity index (χ2v) is 8.89. The van der Waals surface area contributed by atoms with Crippen LogP contribution in [-0.2, 0) is 21.3 Å². The molecule has 0 saturated carbocycles. The summed E-state index contributed by atoms with van der Waals surface area (Å²) in [4.78, 5) is 4.52. The molecule has 0 aromatic heterocycles. The van der Waals surface area contributed by atoms with Crippen LogP contribution in [0.2, 0.25) is 0 Å². The highest BCUT2D eigenvalue weighted by Crippen LogP contribution is 2.27. The molecule has 0 spiro atoms. The molecule has 1 aromatic rings. The summed E-state index contributed by atoms with van der Waals surface area (Å²) in [5.41, 5.74) is 0.951. The van der Waals surface area contributed by atoms with E-state index in [1.165, 1.54) is 0 Å². The Morgan fingerprint density at radius 2 is 1.97 bits per heavy atom. The number of ether oxygens (including phenoxy) is 3. The smallest absolute Gasteiger partial charge is 0.213 e. The van der Waals surface area contributed by atoms with E-state index in [0.717, 1.165) is 24.8 Å². The maximum atomic E-state index is 12.2. The zero-order chi connectivity index (χ0) is 21.8. The van der Waals surface area contributed by atoms with Gasteiger partial charge in [0.25, 0.3) is 0 Å². The van der Waals surface area contributed by atoms with Gasteiger partial charge < -0.3 is 24.8 Å². The Morgan fingerprint density at radius 1 is 1.19 bits per heavy atom. The second-order valence-electron chi connectivity index (χ2n) is 6.97. The molecule has 0 amide bonds. The lowest BCUT2D eigenvalue weighted by molar-refractivity contribution is 0.0200. The monoisotopic (exact) mass is 570 g/mol. The molecule has 1 unspecified atom stereocenters. The van der Waals surface area contributed by atoms with Crippen molar-refractivity contribution in [1.82, 2.24) is 15.4 Å². The van der Waals surface area contributed by atoms with Gasteiger partial charge in [0, 0.05) is 26.2 Å². The van der Waals surface area contributed by atoms with E-state index in [4.69, 9.17) is 14.2 Å². The molecular weight excluding hydrogens is 535 g/mol. The number of rotatable bonds is 11. The van der Waals surface area contributed by atoms with Gasteiger partial charge in [0.2, 0.25) is 10.0 Å². The lowest BCUT2D eigenvalue weighted by atomic mass is 10.1. The molecule has 2 rings (SSSR count). The maximum Gasteiger partial charge on any atom is 0.213 e. The van der Waals surface area contributed by atoms with Crippen LogP contribution in [0.25, 0.3) is 0 Å². The van der Waals surface area contributed by atoms with Crippen LogP contribution in [0.3, 0.4) is 0 Å². The van der Waals surface area contributed by atoms with Crippen LogP contribution in [0, 0.1) is 0 Å².